The van der Waals surface area contributed by atoms with Gasteiger partial charge in [0, 0.05) is 19.3 Å². The molecular formula is C15H22N2O2. The molecule has 104 valence electrons. The van der Waals surface area contributed by atoms with E-state index in [0.717, 1.165) is 31.5 Å². The standard InChI is InChI=1S/C15H22N2O2/c1-3-15(2)6-4-8-17(11-15)14(19)13-9-12(10-18)5-7-16-13/h5,7,9,18H,3-4,6,8,10-11H2,1-2H3/t15-/m1/s1. The molecule has 1 N–H and O–H groups in total. The van der Waals surface area contributed by atoms with E-state index in [1.54, 1.807) is 18.3 Å². The normalized spacial score (nSPS) is 23.4. The van der Waals surface area contributed by atoms with E-state index in [2.05, 4.69) is 18.8 Å². The fourth-order valence-corrected chi connectivity index (χ4v) is 2.63. The fraction of sp³-hybridized carbons (Fsp3) is 0.600. The second kappa shape index (κ2) is 5.70. The molecule has 2 rings (SSSR count). The number of hydrogen-bond donors (Lipinski definition) is 1. The van der Waals surface area contributed by atoms with Gasteiger partial charge in [-0.1, -0.05) is 13.8 Å². The molecule has 0 aromatic carbocycles. The van der Waals surface area contributed by atoms with Gasteiger partial charge in [0.1, 0.15) is 5.69 Å². The Kier molecular flexibility index (Phi) is 4.20. The summed E-state index contributed by atoms with van der Waals surface area (Å²) in [6.45, 7) is 5.96. The highest BCUT2D eigenvalue weighted by Crippen LogP contribution is 2.32. The van der Waals surface area contributed by atoms with Crippen molar-refractivity contribution in [1.29, 1.82) is 0 Å². The molecule has 1 saturated heterocycles. The molecule has 1 aliphatic heterocycles. The van der Waals surface area contributed by atoms with Gasteiger partial charge in [-0.3, -0.25) is 9.78 Å². The third kappa shape index (κ3) is 3.13. The highest BCUT2D eigenvalue weighted by molar-refractivity contribution is 5.92. The van der Waals surface area contributed by atoms with Crippen LogP contribution in [0.5, 0.6) is 0 Å². The van der Waals surface area contributed by atoms with Crippen molar-refractivity contribution in [3.8, 4) is 0 Å². The maximum Gasteiger partial charge on any atom is 0.272 e. The highest BCUT2D eigenvalue weighted by Gasteiger charge is 2.32. The number of likely N-dealkylation sites (tertiary alicyclic amines) is 1. The predicted octanol–water partition coefficient (Wildman–Crippen LogP) is 2.23. The summed E-state index contributed by atoms with van der Waals surface area (Å²) in [7, 11) is 0. The third-order valence-corrected chi connectivity index (χ3v) is 4.15. The largest absolute Gasteiger partial charge is 0.392 e. The molecule has 4 nitrogen and oxygen atoms in total. The Morgan fingerprint density at radius 1 is 1.58 bits per heavy atom. The van der Waals surface area contributed by atoms with Crippen molar-refractivity contribution in [3.63, 3.8) is 0 Å². The van der Waals surface area contributed by atoms with Crippen LogP contribution < -0.4 is 0 Å². The molecule has 0 radical (unpaired) electrons. The first-order valence-electron chi connectivity index (χ1n) is 6.93. The molecule has 1 aromatic heterocycles. The number of aromatic nitrogens is 1. The van der Waals surface area contributed by atoms with Crippen LogP contribution in [0.1, 0.15) is 49.2 Å². The van der Waals surface area contributed by atoms with Crippen LogP contribution in [0.3, 0.4) is 0 Å². The smallest absolute Gasteiger partial charge is 0.272 e. The first-order valence-corrected chi connectivity index (χ1v) is 6.93. The van der Waals surface area contributed by atoms with Crippen LogP contribution >= 0.6 is 0 Å². The molecule has 0 spiro atoms. The van der Waals surface area contributed by atoms with Gasteiger partial charge in [0.25, 0.3) is 5.91 Å². The van der Waals surface area contributed by atoms with Gasteiger partial charge >= 0.3 is 0 Å². The Morgan fingerprint density at radius 3 is 3.05 bits per heavy atom. The quantitative estimate of drug-likeness (QED) is 0.908. The Hall–Kier alpha value is -1.42. The van der Waals surface area contributed by atoms with E-state index in [4.69, 9.17) is 5.11 Å². The zero-order valence-electron chi connectivity index (χ0n) is 11.7. The average Bonchev–Trinajstić information content (AvgIpc) is 2.46. The minimum atomic E-state index is -0.0600. The van der Waals surface area contributed by atoms with E-state index in [-0.39, 0.29) is 17.9 Å². The van der Waals surface area contributed by atoms with E-state index >= 15 is 0 Å². The number of aliphatic hydroxyl groups excluding tert-OH is 1. The van der Waals surface area contributed by atoms with Gasteiger partial charge in [-0.15, -0.1) is 0 Å². The first kappa shape index (κ1) is 14.0. The Bertz CT molecular complexity index is 461. The summed E-state index contributed by atoms with van der Waals surface area (Å²) >= 11 is 0. The zero-order valence-corrected chi connectivity index (χ0v) is 11.7. The lowest BCUT2D eigenvalue weighted by Gasteiger charge is -2.39. The van der Waals surface area contributed by atoms with Crippen molar-refractivity contribution in [1.82, 2.24) is 9.88 Å². The van der Waals surface area contributed by atoms with Crippen molar-refractivity contribution in [2.75, 3.05) is 13.1 Å². The molecule has 0 unspecified atom stereocenters. The minimum Gasteiger partial charge on any atom is -0.392 e. The van der Waals surface area contributed by atoms with Crippen LogP contribution in [0.25, 0.3) is 0 Å². The number of amides is 1. The molecule has 1 fully saturated rings. The molecule has 2 heterocycles. The fourth-order valence-electron chi connectivity index (χ4n) is 2.63. The third-order valence-electron chi connectivity index (χ3n) is 4.15. The Balaban J connectivity index is 2.14. The van der Waals surface area contributed by atoms with Gasteiger partial charge in [-0.2, -0.15) is 0 Å². The molecule has 0 bridgehead atoms. The number of carbonyl (C=O) groups excluding carboxylic acids is 1. The van der Waals surface area contributed by atoms with E-state index in [9.17, 15) is 4.79 Å². The number of carbonyl (C=O) groups is 1. The van der Waals surface area contributed by atoms with Gasteiger partial charge in [-0.25, -0.2) is 0 Å². The van der Waals surface area contributed by atoms with E-state index in [1.165, 1.54) is 6.42 Å². The summed E-state index contributed by atoms with van der Waals surface area (Å²) in [5.41, 5.74) is 1.39. The summed E-state index contributed by atoms with van der Waals surface area (Å²) < 4.78 is 0. The molecule has 1 amide bonds. The molecule has 0 aliphatic carbocycles. The van der Waals surface area contributed by atoms with Crippen molar-refractivity contribution in [3.05, 3.63) is 29.6 Å². The van der Waals surface area contributed by atoms with Crippen LogP contribution in [0.4, 0.5) is 0 Å². The zero-order chi connectivity index (χ0) is 13.9. The van der Waals surface area contributed by atoms with Crippen molar-refractivity contribution in [2.24, 2.45) is 5.41 Å². The molecular weight excluding hydrogens is 240 g/mol. The van der Waals surface area contributed by atoms with Crippen LogP contribution in [-0.4, -0.2) is 34.0 Å². The summed E-state index contributed by atoms with van der Waals surface area (Å²) in [6, 6.07) is 3.41. The van der Waals surface area contributed by atoms with Crippen LogP contribution in [-0.2, 0) is 6.61 Å². The molecule has 4 heteroatoms. The van der Waals surface area contributed by atoms with Crippen LogP contribution in [0, 0.1) is 5.41 Å². The number of aliphatic hydroxyl groups is 1. The maximum absolute atomic E-state index is 12.5. The summed E-state index contributed by atoms with van der Waals surface area (Å²) in [5, 5.41) is 9.12. The SMILES string of the molecule is CC[C@]1(C)CCCN(C(=O)c2cc(CO)ccn2)C1. The first-order chi connectivity index (χ1) is 9.08. The van der Waals surface area contributed by atoms with Gasteiger partial charge < -0.3 is 10.0 Å². The predicted molar refractivity (Wildman–Crippen MR) is 73.7 cm³/mol. The van der Waals surface area contributed by atoms with Crippen LogP contribution in [0.15, 0.2) is 18.3 Å². The van der Waals surface area contributed by atoms with E-state index < -0.39 is 0 Å². The van der Waals surface area contributed by atoms with Crippen molar-refractivity contribution < 1.29 is 9.90 Å². The number of nitrogens with zero attached hydrogens (tertiary/aromatic N) is 2. The van der Waals surface area contributed by atoms with E-state index in [1.807, 2.05) is 4.90 Å². The minimum absolute atomic E-state index is 0.0188. The summed E-state index contributed by atoms with van der Waals surface area (Å²) in [6.07, 6.45) is 4.90. The highest BCUT2D eigenvalue weighted by atomic mass is 16.3. The maximum atomic E-state index is 12.5. The lowest BCUT2D eigenvalue weighted by molar-refractivity contribution is 0.0537. The van der Waals surface area contributed by atoms with Crippen molar-refractivity contribution in [2.45, 2.75) is 39.7 Å². The topological polar surface area (TPSA) is 53.4 Å². The second-order valence-corrected chi connectivity index (χ2v) is 5.70. The van der Waals surface area contributed by atoms with Crippen molar-refractivity contribution >= 4 is 5.91 Å². The van der Waals surface area contributed by atoms with Gasteiger partial charge in [0.2, 0.25) is 0 Å². The summed E-state index contributed by atoms with van der Waals surface area (Å²) in [4.78, 5) is 18.5. The van der Waals surface area contributed by atoms with Crippen LogP contribution in [0.2, 0.25) is 0 Å². The average molecular weight is 262 g/mol. The Morgan fingerprint density at radius 2 is 2.37 bits per heavy atom. The second-order valence-electron chi connectivity index (χ2n) is 5.70. The number of piperidine rings is 1. The molecule has 1 aromatic rings. The number of pyridine rings is 1. The molecule has 0 saturated carbocycles. The Labute approximate surface area is 114 Å². The van der Waals surface area contributed by atoms with E-state index in [0.29, 0.717) is 5.69 Å². The van der Waals surface area contributed by atoms with Gasteiger partial charge in [-0.05, 0) is 42.4 Å². The molecule has 19 heavy (non-hydrogen) atoms. The summed E-state index contributed by atoms with van der Waals surface area (Å²) in [5.74, 6) is -0.0188. The number of rotatable bonds is 3. The lowest BCUT2D eigenvalue weighted by Crippen LogP contribution is -2.44. The molecule has 1 aliphatic rings. The number of hydrogen-bond acceptors (Lipinski definition) is 3. The monoisotopic (exact) mass is 262 g/mol. The van der Waals surface area contributed by atoms with Gasteiger partial charge in [0.05, 0.1) is 6.61 Å². The molecule has 1 atom stereocenters. The van der Waals surface area contributed by atoms with Gasteiger partial charge in [0.15, 0.2) is 0 Å². The lowest BCUT2D eigenvalue weighted by atomic mass is 9.79.